The van der Waals surface area contributed by atoms with Gasteiger partial charge in [0.2, 0.25) is 0 Å². The van der Waals surface area contributed by atoms with Gasteiger partial charge in [0.1, 0.15) is 0 Å². The van der Waals surface area contributed by atoms with Crippen LogP contribution in [0, 0.1) is 0 Å². The predicted octanol–water partition coefficient (Wildman–Crippen LogP) is 10.8. The summed E-state index contributed by atoms with van der Waals surface area (Å²) < 4.78 is 0. The number of rotatable bonds is 9. The zero-order chi connectivity index (χ0) is 25.9. The molecule has 0 amide bonds. The third-order valence-electron chi connectivity index (χ3n) is 6.72. The lowest BCUT2D eigenvalue weighted by Gasteiger charge is -2.11. The Hall–Kier alpha value is -2.50. The molecule has 6 heteroatoms. The predicted molar refractivity (Wildman–Crippen MR) is 168 cm³/mol. The fourth-order valence-corrected chi connectivity index (χ4v) is 7.61. The van der Waals surface area contributed by atoms with Gasteiger partial charge < -0.3 is 0 Å². The van der Waals surface area contributed by atoms with Crippen LogP contribution in [0.3, 0.4) is 0 Å². The molecule has 0 fully saturated rings. The molecule has 4 aromatic carbocycles. The molecule has 0 aliphatic rings. The van der Waals surface area contributed by atoms with Crippen LogP contribution in [0.25, 0.3) is 43.6 Å². The molecule has 0 aliphatic carbocycles. The number of thioether (sulfide) groups is 2. The fraction of sp³-hybridized carbons (Fsp3) is 0.188. The Bertz CT molecular complexity index is 1640. The van der Waals surface area contributed by atoms with Gasteiger partial charge in [0.25, 0.3) is 0 Å². The van der Waals surface area contributed by atoms with Crippen molar-refractivity contribution in [1.29, 1.82) is 0 Å². The van der Waals surface area contributed by atoms with Gasteiger partial charge in [-0.25, -0.2) is 9.97 Å². The van der Waals surface area contributed by atoms with Gasteiger partial charge in [-0.3, -0.25) is 0 Å². The summed E-state index contributed by atoms with van der Waals surface area (Å²) in [6.07, 6.45) is 4.81. The molecule has 6 rings (SSSR count). The first-order valence-electron chi connectivity index (χ1n) is 12.9. The van der Waals surface area contributed by atoms with E-state index in [0.29, 0.717) is 0 Å². The Labute approximate surface area is 241 Å². The third-order valence-corrected chi connectivity index (χ3v) is 9.63. The van der Waals surface area contributed by atoms with Crippen molar-refractivity contribution in [2.75, 3.05) is 11.5 Å². The lowest BCUT2D eigenvalue weighted by atomic mass is 10.1. The number of hydrogen-bond acceptors (Lipinski definition) is 4. The van der Waals surface area contributed by atoms with Gasteiger partial charge in [-0.15, -0.1) is 23.5 Å². The summed E-state index contributed by atoms with van der Waals surface area (Å²) in [6.45, 7) is 0. The van der Waals surface area contributed by atoms with Gasteiger partial charge in [-0.2, -0.15) is 0 Å². The van der Waals surface area contributed by atoms with E-state index in [-0.39, 0.29) is 0 Å². The molecule has 2 nitrogen and oxygen atoms in total. The molecule has 2 heterocycles. The highest BCUT2D eigenvalue weighted by atomic mass is 35.5. The zero-order valence-electron chi connectivity index (χ0n) is 20.8. The number of hydrogen-bond donors (Lipinski definition) is 0. The summed E-state index contributed by atoms with van der Waals surface area (Å²) in [4.78, 5) is 12.3. The number of nitrogens with zero attached hydrogens (tertiary/aromatic N) is 2. The molecule has 0 atom stereocenters. The van der Waals surface area contributed by atoms with Crippen molar-refractivity contribution in [3.05, 3.63) is 95.0 Å². The minimum Gasteiger partial charge on any atom is -0.248 e. The molecule has 0 unspecified atom stereocenters. The van der Waals surface area contributed by atoms with E-state index in [4.69, 9.17) is 33.2 Å². The molecular weight excluding hydrogens is 547 g/mol. The van der Waals surface area contributed by atoms with E-state index in [0.717, 1.165) is 54.4 Å². The minimum absolute atomic E-state index is 0.756. The van der Waals surface area contributed by atoms with Crippen molar-refractivity contribution < 1.29 is 0 Å². The van der Waals surface area contributed by atoms with Gasteiger partial charge in [0, 0.05) is 41.4 Å². The SMILES string of the molecule is Clc1ccc2nc3ccccc3c(SCCCCCCSc3c4ccccc4nc4ccc(Cl)cc34)c2c1. The normalized spacial score (nSPS) is 11.7. The van der Waals surface area contributed by atoms with Gasteiger partial charge in [0.05, 0.1) is 22.1 Å². The smallest absolute Gasteiger partial charge is 0.0722 e. The fourth-order valence-electron chi connectivity index (χ4n) is 4.87. The van der Waals surface area contributed by atoms with Crippen molar-refractivity contribution >= 4 is 90.3 Å². The standard InChI is InChI=1S/C32H26Cl2N2S2/c33-21-13-15-29-25(19-21)31(23-9-3-5-11-27(23)35-29)37-17-7-1-2-8-18-38-32-24-10-4-6-12-28(24)36-30-16-14-22(34)20-26(30)32/h3-6,9-16,19-20H,1-2,7-8,17-18H2. The lowest BCUT2D eigenvalue weighted by Crippen LogP contribution is -1.90. The molecule has 0 N–H and O–H groups in total. The summed E-state index contributed by atoms with van der Waals surface area (Å²) in [5.74, 6) is 2.17. The van der Waals surface area contributed by atoms with E-state index >= 15 is 0 Å². The Morgan fingerprint density at radius 1 is 0.474 bits per heavy atom. The first-order valence-corrected chi connectivity index (χ1v) is 15.6. The largest absolute Gasteiger partial charge is 0.248 e. The molecule has 6 aromatic rings. The average molecular weight is 574 g/mol. The third kappa shape index (κ3) is 5.46. The van der Waals surface area contributed by atoms with E-state index in [1.54, 1.807) is 0 Å². The first kappa shape index (κ1) is 25.8. The second kappa shape index (κ2) is 11.7. The molecular formula is C32H26Cl2N2S2. The van der Waals surface area contributed by atoms with Gasteiger partial charge in [0.15, 0.2) is 0 Å². The molecule has 38 heavy (non-hydrogen) atoms. The quantitative estimate of drug-likeness (QED) is 0.0976. The van der Waals surface area contributed by atoms with Crippen molar-refractivity contribution in [2.45, 2.75) is 35.5 Å². The van der Waals surface area contributed by atoms with E-state index in [2.05, 4.69) is 60.7 Å². The summed E-state index contributed by atoms with van der Waals surface area (Å²) in [5, 5.41) is 6.22. The number of aromatic nitrogens is 2. The Morgan fingerprint density at radius 2 is 0.895 bits per heavy atom. The van der Waals surface area contributed by atoms with Crippen molar-refractivity contribution in [2.24, 2.45) is 0 Å². The van der Waals surface area contributed by atoms with Crippen LogP contribution in [0.1, 0.15) is 25.7 Å². The van der Waals surface area contributed by atoms with Gasteiger partial charge in [-0.1, -0.05) is 72.4 Å². The molecule has 0 radical (unpaired) electrons. The molecule has 0 saturated carbocycles. The van der Waals surface area contributed by atoms with Crippen LogP contribution >= 0.6 is 46.7 Å². The van der Waals surface area contributed by atoms with Crippen LogP contribution in [-0.4, -0.2) is 21.5 Å². The number of benzene rings is 4. The second-order valence-electron chi connectivity index (χ2n) is 9.35. The van der Waals surface area contributed by atoms with Crippen molar-refractivity contribution in [1.82, 2.24) is 9.97 Å². The summed E-state index contributed by atoms with van der Waals surface area (Å²) >= 11 is 16.5. The number of pyridine rings is 2. The maximum absolute atomic E-state index is 6.34. The number of fused-ring (bicyclic) bond motifs is 4. The second-order valence-corrected chi connectivity index (χ2v) is 12.4. The Morgan fingerprint density at radius 3 is 1.37 bits per heavy atom. The number of halogens is 2. The highest BCUT2D eigenvalue weighted by Crippen LogP contribution is 2.37. The number of para-hydroxylation sites is 2. The molecule has 0 bridgehead atoms. The summed E-state index contributed by atoms with van der Waals surface area (Å²) in [6, 6.07) is 28.8. The van der Waals surface area contributed by atoms with Crippen LogP contribution in [0.15, 0.2) is 94.7 Å². The van der Waals surface area contributed by atoms with Crippen LogP contribution < -0.4 is 0 Å². The van der Waals surface area contributed by atoms with Gasteiger partial charge in [-0.05, 0) is 72.9 Å². The minimum atomic E-state index is 0.756. The molecule has 190 valence electrons. The van der Waals surface area contributed by atoms with Gasteiger partial charge >= 0.3 is 0 Å². The number of unbranched alkanes of at least 4 members (excludes halogenated alkanes) is 3. The molecule has 2 aromatic heterocycles. The Kier molecular flexibility index (Phi) is 7.94. The van der Waals surface area contributed by atoms with E-state index in [1.165, 1.54) is 46.2 Å². The van der Waals surface area contributed by atoms with Crippen LogP contribution in [0.4, 0.5) is 0 Å². The maximum Gasteiger partial charge on any atom is 0.0722 e. The van der Waals surface area contributed by atoms with Crippen molar-refractivity contribution in [3.63, 3.8) is 0 Å². The zero-order valence-corrected chi connectivity index (χ0v) is 23.9. The van der Waals surface area contributed by atoms with E-state index in [9.17, 15) is 0 Å². The summed E-state index contributed by atoms with van der Waals surface area (Å²) in [5.41, 5.74) is 4.09. The lowest BCUT2D eigenvalue weighted by molar-refractivity contribution is 0.711. The topological polar surface area (TPSA) is 25.8 Å². The van der Waals surface area contributed by atoms with E-state index in [1.807, 2.05) is 47.8 Å². The van der Waals surface area contributed by atoms with Crippen LogP contribution in [0.2, 0.25) is 10.0 Å². The van der Waals surface area contributed by atoms with Crippen LogP contribution in [-0.2, 0) is 0 Å². The molecule has 0 aliphatic heterocycles. The maximum atomic E-state index is 6.34. The monoisotopic (exact) mass is 572 g/mol. The highest BCUT2D eigenvalue weighted by Gasteiger charge is 2.12. The average Bonchev–Trinajstić information content (AvgIpc) is 2.93. The first-order chi connectivity index (χ1) is 18.7. The van der Waals surface area contributed by atoms with Crippen molar-refractivity contribution in [3.8, 4) is 0 Å². The summed E-state index contributed by atoms with van der Waals surface area (Å²) in [7, 11) is 0. The highest BCUT2D eigenvalue weighted by molar-refractivity contribution is 8.00. The Balaban J connectivity index is 1.07. The van der Waals surface area contributed by atoms with Crippen LogP contribution in [0.5, 0.6) is 0 Å². The molecule has 0 saturated heterocycles. The molecule has 0 spiro atoms. The van der Waals surface area contributed by atoms with E-state index < -0.39 is 0 Å².